The summed E-state index contributed by atoms with van der Waals surface area (Å²) in [5, 5.41) is 7.98. The maximum Gasteiger partial charge on any atom is 0.147 e. The molecule has 0 atom stereocenters. The van der Waals surface area contributed by atoms with Gasteiger partial charge in [0.1, 0.15) is 9.84 Å². The number of aryl methyl sites for hydroxylation is 2. The van der Waals surface area contributed by atoms with Crippen molar-refractivity contribution in [2.24, 2.45) is 5.73 Å². The molecule has 98 valence electrons. The molecular formula is C10H20N4O2S. The highest BCUT2D eigenvalue weighted by atomic mass is 32.2. The first-order valence-corrected chi connectivity index (χ1v) is 7.84. The summed E-state index contributed by atoms with van der Waals surface area (Å²) in [5.41, 5.74) is 6.35. The summed E-state index contributed by atoms with van der Waals surface area (Å²) in [7, 11) is -2.88. The normalized spacial score (nSPS) is 11.9. The van der Waals surface area contributed by atoms with Crippen molar-refractivity contribution in [1.82, 2.24) is 15.0 Å². The Morgan fingerprint density at radius 2 is 2.12 bits per heavy atom. The van der Waals surface area contributed by atoms with Gasteiger partial charge in [-0.15, -0.1) is 5.10 Å². The molecule has 0 fully saturated rings. The minimum Gasteiger partial charge on any atom is -0.330 e. The Kier molecular flexibility index (Phi) is 5.57. The van der Waals surface area contributed by atoms with Crippen LogP contribution in [0.5, 0.6) is 0 Å². The Morgan fingerprint density at radius 3 is 2.76 bits per heavy atom. The quantitative estimate of drug-likeness (QED) is 0.664. The third-order valence-electron chi connectivity index (χ3n) is 2.38. The molecule has 0 saturated heterocycles. The molecule has 0 spiro atoms. The van der Waals surface area contributed by atoms with Crippen molar-refractivity contribution >= 4 is 9.84 Å². The fourth-order valence-corrected chi connectivity index (χ4v) is 2.16. The summed E-state index contributed by atoms with van der Waals surface area (Å²) >= 11 is 0. The van der Waals surface area contributed by atoms with Crippen molar-refractivity contribution in [2.45, 2.75) is 32.2 Å². The molecule has 1 aromatic rings. The zero-order valence-corrected chi connectivity index (χ0v) is 11.0. The van der Waals surface area contributed by atoms with Gasteiger partial charge >= 0.3 is 0 Å². The third-order valence-corrected chi connectivity index (χ3v) is 3.41. The van der Waals surface area contributed by atoms with Crippen LogP contribution in [0.25, 0.3) is 0 Å². The lowest BCUT2D eigenvalue weighted by Crippen LogP contribution is -2.07. The van der Waals surface area contributed by atoms with Crippen LogP contribution >= 0.6 is 0 Å². The Morgan fingerprint density at radius 1 is 1.35 bits per heavy atom. The maximum atomic E-state index is 10.9. The van der Waals surface area contributed by atoms with Gasteiger partial charge in [0.15, 0.2) is 0 Å². The molecule has 0 aliphatic carbocycles. The molecule has 7 heteroatoms. The van der Waals surface area contributed by atoms with E-state index < -0.39 is 9.84 Å². The third kappa shape index (κ3) is 6.38. The molecule has 1 heterocycles. The zero-order valence-electron chi connectivity index (χ0n) is 10.2. The van der Waals surface area contributed by atoms with Crippen LogP contribution in [0, 0.1) is 0 Å². The number of hydrogen-bond acceptors (Lipinski definition) is 5. The summed E-state index contributed by atoms with van der Waals surface area (Å²) in [6.07, 6.45) is 6.57. The lowest BCUT2D eigenvalue weighted by molar-refractivity contribution is 0.564. The number of nitrogens with two attached hydrogens (primary N) is 1. The van der Waals surface area contributed by atoms with Crippen molar-refractivity contribution in [1.29, 1.82) is 0 Å². The minimum absolute atomic E-state index is 0.190. The molecular weight excluding hydrogens is 240 g/mol. The molecule has 0 bridgehead atoms. The summed E-state index contributed by atoms with van der Waals surface area (Å²) in [6, 6.07) is 0. The van der Waals surface area contributed by atoms with Crippen molar-refractivity contribution in [3.05, 3.63) is 11.9 Å². The van der Waals surface area contributed by atoms with Crippen LogP contribution in [0.1, 0.15) is 25.0 Å². The van der Waals surface area contributed by atoms with Gasteiger partial charge in [-0.3, -0.25) is 4.68 Å². The number of unbranched alkanes of at least 4 members (excludes halogenated alkanes) is 1. The first-order chi connectivity index (χ1) is 8.01. The van der Waals surface area contributed by atoms with Crippen LogP contribution in [-0.2, 0) is 22.8 Å². The van der Waals surface area contributed by atoms with Crippen LogP contribution in [0.15, 0.2) is 6.20 Å². The molecule has 1 aromatic heterocycles. The van der Waals surface area contributed by atoms with Gasteiger partial charge in [0.2, 0.25) is 0 Å². The lowest BCUT2D eigenvalue weighted by Gasteiger charge is -1.98. The lowest BCUT2D eigenvalue weighted by atomic mass is 10.2. The molecule has 0 aromatic carbocycles. The molecule has 2 N–H and O–H groups in total. The van der Waals surface area contributed by atoms with E-state index in [2.05, 4.69) is 10.3 Å². The summed E-state index contributed by atoms with van der Waals surface area (Å²) in [5.74, 6) is 0.190. The van der Waals surface area contributed by atoms with Crippen molar-refractivity contribution in [3.63, 3.8) is 0 Å². The molecule has 0 saturated carbocycles. The summed E-state index contributed by atoms with van der Waals surface area (Å²) in [4.78, 5) is 0. The average Bonchev–Trinajstić information content (AvgIpc) is 2.64. The number of hydrogen-bond donors (Lipinski definition) is 1. The highest BCUT2D eigenvalue weighted by Gasteiger charge is 2.04. The van der Waals surface area contributed by atoms with E-state index in [9.17, 15) is 8.42 Å². The highest BCUT2D eigenvalue weighted by molar-refractivity contribution is 7.90. The monoisotopic (exact) mass is 260 g/mol. The number of aromatic nitrogens is 3. The van der Waals surface area contributed by atoms with Crippen LogP contribution in [-0.4, -0.2) is 42.0 Å². The first-order valence-electron chi connectivity index (χ1n) is 5.78. The molecule has 1 rings (SSSR count). The standard InChI is InChI=1S/C10H20N4O2S/c1-17(15,16)8-4-7-14-9-10(12-13-14)5-2-3-6-11/h9H,2-8,11H2,1H3. The first kappa shape index (κ1) is 14.1. The van der Waals surface area contributed by atoms with E-state index in [1.54, 1.807) is 4.68 Å². The van der Waals surface area contributed by atoms with Crippen molar-refractivity contribution in [2.75, 3.05) is 18.6 Å². The van der Waals surface area contributed by atoms with E-state index in [1.165, 1.54) is 6.26 Å². The molecule has 6 nitrogen and oxygen atoms in total. The summed E-state index contributed by atoms with van der Waals surface area (Å²) in [6.45, 7) is 1.29. The minimum atomic E-state index is -2.88. The van der Waals surface area contributed by atoms with Gasteiger partial charge < -0.3 is 5.73 Å². The maximum absolute atomic E-state index is 10.9. The smallest absolute Gasteiger partial charge is 0.147 e. The predicted molar refractivity (Wildman–Crippen MR) is 66.3 cm³/mol. The second-order valence-corrected chi connectivity index (χ2v) is 6.46. The zero-order chi connectivity index (χ0) is 12.7. The summed E-state index contributed by atoms with van der Waals surface area (Å²) < 4.78 is 23.6. The van der Waals surface area contributed by atoms with Gasteiger partial charge in [-0.25, -0.2) is 8.42 Å². The Labute approximate surface area is 102 Å². The number of nitrogens with zero attached hydrogens (tertiary/aromatic N) is 3. The second kappa shape index (κ2) is 6.70. The SMILES string of the molecule is CS(=O)(=O)CCCn1cc(CCCCN)nn1. The number of rotatable bonds is 8. The van der Waals surface area contributed by atoms with Gasteiger partial charge in [0.25, 0.3) is 0 Å². The van der Waals surface area contributed by atoms with E-state index in [0.29, 0.717) is 19.5 Å². The highest BCUT2D eigenvalue weighted by Crippen LogP contribution is 2.01. The fourth-order valence-electron chi connectivity index (χ4n) is 1.50. The van der Waals surface area contributed by atoms with E-state index in [4.69, 9.17) is 5.73 Å². The topological polar surface area (TPSA) is 90.9 Å². The van der Waals surface area contributed by atoms with Crippen LogP contribution in [0.4, 0.5) is 0 Å². The fraction of sp³-hybridized carbons (Fsp3) is 0.800. The van der Waals surface area contributed by atoms with E-state index in [1.807, 2.05) is 6.20 Å². The predicted octanol–water partition coefficient (Wildman–Crippen LogP) is -0.00580. The van der Waals surface area contributed by atoms with Crippen molar-refractivity contribution < 1.29 is 8.42 Å². The van der Waals surface area contributed by atoms with Gasteiger partial charge in [-0.05, 0) is 32.2 Å². The Bertz CT molecular complexity index is 427. The van der Waals surface area contributed by atoms with Gasteiger partial charge in [-0.2, -0.15) is 0 Å². The second-order valence-electron chi connectivity index (χ2n) is 4.20. The van der Waals surface area contributed by atoms with Crippen LogP contribution in [0.3, 0.4) is 0 Å². The van der Waals surface area contributed by atoms with Crippen molar-refractivity contribution in [3.8, 4) is 0 Å². The Hall–Kier alpha value is -0.950. The van der Waals surface area contributed by atoms with Crippen LogP contribution in [0.2, 0.25) is 0 Å². The molecule has 0 amide bonds. The van der Waals surface area contributed by atoms with Gasteiger partial charge in [0.05, 0.1) is 11.4 Å². The van der Waals surface area contributed by atoms with Crippen LogP contribution < -0.4 is 5.73 Å². The largest absolute Gasteiger partial charge is 0.330 e. The Balaban J connectivity index is 2.30. The van der Waals surface area contributed by atoms with E-state index in [-0.39, 0.29) is 5.75 Å². The van der Waals surface area contributed by atoms with E-state index >= 15 is 0 Å². The van der Waals surface area contributed by atoms with Gasteiger partial charge in [0, 0.05) is 19.0 Å². The van der Waals surface area contributed by atoms with E-state index in [0.717, 1.165) is 25.0 Å². The van der Waals surface area contributed by atoms with Gasteiger partial charge in [-0.1, -0.05) is 5.21 Å². The average molecular weight is 260 g/mol. The molecule has 0 unspecified atom stereocenters. The number of sulfone groups is 1. The molecule has 17 heavy (non-hydrogen) atoms. The molecule has 0 radical (unpaired) electrons. The molecule has 0 aliphatic rings. The molecule has 0 aliphatic heterocycles.